The monoisotopic (exact) mass is 645 g/mol. The first-order valence-corrected chi connectivity index (χ1v) is 15.7. The Balaban J connectivity index is 0.000000499. The van der Waals surface area contributed by atoms with Gasteiger partial charge in [-0.2, -0.15) is 0 Å². The van der Waals surface area contributed by atoms with E-state index in [4.69, 9.17) is 39.6 Å². The normalized spacial score (nSPS) is 15.0. The average molecular weight is 646 g/mol. The molecular formula is C33H47N3O8S. The summed E-state index contributed by atoms with van der Waals surface area (Å²) >= 11 is 1.95. The number of aliphatic carboxylic acids is 4. The SMILES string of the molecule is CN1CCN(CCCCN2c3ccc(C(C)(C)C)cc3Sc3cc(C(C)(C)C)ccc32)CC1.O=C(O)C(=O)O.O=C(O)C(=O)O. The van der Waals surface area contributed by atoms with Crippen molar-refractivity contribution < 1.29 is 39.6 Å². The van der Waals surface area contributed by atoms with Crippen molar-refractivity contribution in [1.82, 2.24) is 9.80 Å². The molecule has 0 spiro atoms. The molecule has 2 aliphatic rings. The van der Waals surface area contributed by atoms with Gasteiger partial charge in [0.2, 0.25) is 0 Å². The Bertz CT molecular complexity index is 1250. The summed E-state index contributed by atoms with van der Waals surface area (Å²) in [6, 6.07) is 14.3. The molecule has 2 aromatic carbocycles. The first-order valence-electron chi connectivity index (χ1n) is 14.9. The van der Waals surface area contributed by atoms with Crippen LogP contribution in [0.1, 0.15) is 65.5 Å². The summed E-state index contributed by atoms with van der Waals surface area (Å²) in [5, 5.41) is 29.6. The molecule has 1 saturated heterocycles. The first-order chi connectivity index (χ1) is 20.8. The van der Waals surface area contributed by atoms with E-state index in [0.29, 0.717) is 0 Å². The molecule has 1 fully saturated rings. The maximum Gasteiger partial charge on any atom is 0.414 e. The molecule has 2 heterocycles. The van der Waals surface area contributed by atoms with Crippen molar-refractivity contribution in [2.45, 2.75) is 75.0 Å². The van der Waals surface area contributed by atoms with Crippen LogP contribution in [-0.4, -0.2) is 100 Å². The summed E-state index contributed by atoms with van der Waals surface area (Å²) in [6.07, 6.45) is 2.48. The van der Waals surface area contributed by atoms with E-state index in [9.17, 15) is 0 Å². The number of hydrogen-bond acceptors (Lipinski definition) is 8. The fraction of sp³-hybridized carbons (Fsp3) is 0.515. The lowest BCUT2D eigenvalue weighted by atomic mass is 9.86. The Kier molecular flexibility index (Phi) is 13.4. The quantitative estimate of drug-likeness (QED) is 0.248. The summed E-state index contributed by atoms with van der Waals surface area (Å²) in [7, 11) is 2.23. The van der Waals surface area contributed by atoms with Gasteiger partial charge in [0.1, 0.15) is 0 Å². The molecule has 2 aromatic rings. The molecular weight excluding hydrogens is 598 g/mol. The lowest BCUT2D eigenvalue weighted by Gasteiger charge is -2.35. The minimum atomic E-state index is -1.82. The molecule has 45 heavy (non-hydrogen) atoms. The van der Waals surface area contributed by atoms with E-state index in [1.165, 1.54) is 77.9 Å². The zero-order valence-electron chi connectivity index (χ0n) is 27.3. The maximum atomic E-state index is 9.10. The van der Waals surface area contributed by atoms with Crippen LogP contribution >= 0.6 is 11.8 Å². The number of benzene rings is 2. The molecule has 4 rings (SSSR count). The number of likely N-dealkylation sites (N-methyl/N-ethyl adjacent to an activating group) is 1. The lowest BCUT2D eigenvalue weighted by Crippen LogP contribution is -2.44. The molecule has 248 valence electrons. The van der Waals surface area contributed by atoms with Gasteiger partial charge in [-0.25, -0.2) is 19.2 Å². The van der Waals surface area contributed by atoms with Crippen LogP contribution in [0, 0.1) is 0 Å². The van der Waals surface area contributed by atoms with Crippen molar-refractivity contribution in [2.24, 2.45) is 0 Å². The van der Waals surface area contributed by atoms with E-state index in [1.54, 1.807) is 0 Å². The molecule has 0 saturated carbocycles. The van der Waals surface area contributed by atoms with E-state index in [0.717, 1.165) is 6.54 Å². The van der Waals surface area contributed by atoms with Gasteiger partial charge in [0.05, 0.1) is 11.4 Å². The number of carbonyl (C=O) groups is 4. The Morgan fingerprint density at radius 2 is 1.02 bits per heavy atom. The second kappa shape index (κ2) is 16.1. The number of hydrogen-bond donors (Lipinski definition) is 4. The predicted molar refractivity (Wildman–Crippen MR) is 175 cm³/mol. The van der Waals surface area contributed by atoms with E-state index < -0.39 is 23.9 Å². The molecule has 0 atom stereocenters. The van der Waals surface area contributed by atoms with Crippen molar-refractivity contribution in [1.29, 1.82) is 0 Å². The molecule has 0 bridgehead atoms. The summed E-state index contributed by atoms with van der Waals surface area (Å²) in [5.74, 6) is -7.30. The average Bonchev–Trinajstić information content (AvgIpc) is 2.94. The van der Waals surface area contributed by atoms with Crippen LogP contribution in [0.2, 0.25) is 0 Å². The van der Waals surface area contributed by atoms with Gasteiger partial charge in [0.25, 0.3) is 0 Å². The third-order valence-corrected chi connectivity index (χ3v) is 8.61. The molecule has 11 nitrogen and oxygen atoms in total. The van der Waals surface area contributed by atoms with Crippen LogP contribution in [0.3, 0.4) is 0 Å². The number of nitrogens with zero attached hydrogens (tertiary/aromatic N) is 3. The Morgan fingerprint density at radius 3 is 1.38 bits per heavy atom. The third kappa shape index (κ3) is 11.7. The summed E-state index contributed by atoms with van der Waals surface area (Å²) in [6.45, 7) is 21.0. The maximum absolute atomic E-state index is 9.10. The van der Waals surface area contributed by atoms with Crippen LogP contribution in [0.15, 0.2) is 46.2 Å². The van der Waals surface area contributed by atoms with Gasteiger partial charge in [-0.1, -0.05) is 65.4 Å². The van der Waals surface area contributed by atoms with Crippen molar-refractivity contribution in [2.75, 3.05) is 51.2 Å². The van der Waals surface area contributed by atoms with Crippen LogP contribution in [-0.2, 0) is 30.0 Å². The number of piperazine rings is 1. The minimum absolute atomic E-state index is 0.163. The Labute approximate surface area is 269 Å². The zero-order chi connectivity index (χ0) is 34.1. The lowest BCUT2D eigenvalue weighted by molar-refractivity contribution is -0.159. The number of anilines is 2. The van der Waals surface area contributed by atoms with Gasteiger partial charge >= 0.3 is 23.9 Å². The van der Waals surface area contributed by atoms with E-state index in [-0.39, 0.29) is 10.8 Å². The number of rotatable bonds is 5. The van der Waals surface area contributed by atoms with Crippen LogP contribution in [0.25, 0.3) is 0 Å². The summed E-state index contributed by atoms with van der Waals surface area (Å²) in [5.41, 5.74) is 5.91. The molecule has 0 radical (unpaired) electrons. The third-order valence-electron chi connectivity index (χ3n) is 7.52. The van der Waals surface area contributed by atoms with E-state index in [2.05, 4.69) is 99.7 Å². The predicted octanol–water partition coefficient (Wildman–Crippen LogP) is 5.22. The molecule has 0 amide bonds. The molecule has 12 heteroatoms. The number of carboxylic acids is 4. The van der Waals surface area contributed by atoms with Gasteiger partial charge in [-0.15, -0.1) is 0 Å². The highest BCUT2D eigenvalue weighted by molar-refractivity contribution is 7.99. The minimum Gasteiger partial charge on any atom is -0.473 e. The van der Waals surface area contributed by atoms with Crippen LogP contribution < -0.4 is 4.90 Å². The van der Waals surface area contributed by atoms with Crippen LogP contribution in [0.5, 0.6) is 0 Å². The first kappa shape index (κ1) is 37.6. The largest absolute Gasteiger partial charge is 0.473 e. The zero-order valence-corrected chi connectivity index (χ0v) is 28.1. The number of carboxylic acid groups (broad SMARTS) is 4. The summed E-state index contributed by atoms with van der Waals surface area (Å²) < 4.78 is 0. The van der Waals surface area contributed by atoms with Gasteiger partial charge in [-0.05, 0) is 72.7 Å². The fourth-order valence-electron chi connectivity index (χ4n) is 4.74. The van der Waals surface area contributed by atoms with Crippen molar-refractivity contribution in [3.63, 3.8) is 0 Å². The van der Waals surface area contributed by atoms with Crippen molar-refractivity contribution in [3.05, 3.63) is 47.5 Å². The van der Waals surface area contributed by atoms with Crippen molar-refractivity contribution >= 4 is 47.0 Å². The van der Waals surface area contributed by atoms with E-state index >= 15 is 0 Å². The second-order valence-corrected chi connectivity index (χ2v) is 14.3. The molecule has 4 N–H and O–H groups in total. The number of fused-ring (bicyclic) bond motifs is 2. The fourth-order valence-corrected chi connectivity index (χ4v) is 5.91. The van der Waals surface area contributed by atoms with Gasteiger partial charge < -0.3 is 35.1 Å². The molecule has 2 aliphatic heterocycles. The highest BCUT2D eigenvalue weighted by Crippen LogP contribution is 2.50. The standard InChI is InChI=1S/C29H43N3S.2C2H2O4/c1-28(2,3)22-10-12-24-26(20-22)33-27-21-23(29(4,5)6)11-13-25(27)32(24)15-9-8-14-31-18-16-30(7)17-19-31;2*3-1(4)2(5)6/h10-13,20-21H,8-9,14-19H2,1-7H3;2*(H,3,4)(H,5,6). The molecule has 0 aromatic heterocycles. The highest BCUT2D eigenvalue weighted by Gasteiger charge is 2.27. The van der Waals surface area contributed by atoms with Gasteiger partial charge in [0.15, 0.2) is 0 Å². The van der Waals surface area contributed by atoms with E-state index in [1.807, 2.05) is 11.8 Å². The molecule has 0 aliphatic carbocycles. The van der Waals surface area contributed by atoms with Crippen LogP contribution in [0.4, 0.5) is 11.4 Å². The van der Waals surface area contributed by atoms with Gasteiger partial charge in [-0.3, -0.25) is 0 Å². The Morgan fingerprint density at radius 1 is 0.644 bits per heavy atom. The Hall–Kier alpha value is -3.61. The number of unbranched alkanes of at least 4 members (excludes halogenated alkanes) is 1. The second-order valence-electron chi connectivity index (χ2n) is 13.2. The smallest absolute Gasteiger partial charge is 0.414 e. The topological polar surface area (TPSA) is 159 Å². The van der Waals surface area contributed by atoms with Crippen molar-refractivity contribution in [3.8, 4) is 0 Å². The highest BCUT2D eigenvalue weighted by atomic mass is 32.2. The summed E-state index contributed by atoms with van der Waals surface area (Å²) in [4.78, 5) is 46.9. The molecule has 0 unspecified atom stereocenters. The van der Waals surface area contributed by atoms with Gasteiger partial charge in [0, 0.05) is 42.5 Å².